The Balaban J connectivity index is 2.07. The third-order valence-electron chi connectivity index (χ3n) is 3.70. The van der Waals surface area contributed by atoms with Crippen LogP contribution in [0.15, 0.2) is 4.99 Å². The van der Waals surface area contributed by atoms with E-state index < -0.39 is 0 Å². The lowest BCUT2D eigenvalue weighted by Gasteiger charge is -2.26. The van der Waals surface area contributed by atoms with Gasteiger partial charge in [0.05, 0.1) is 0 Å². The Bertz CT molecular complexity index is 238. The molecule has 0 spiro atoms. The molecule has 2 heterocycles. The normalized spacial score (nSPS) is 34.7. The molecule has 0 aromatic carbocycles. The summed E-state index contributed by atoms with van der Waals surface area (Å²) < 4.78 is 0. The molecule has 4 nitrogen and oxygen atoms in total. The largest absolute Gasteiger partial charge is 0.370 e. The summed E-state index contributed by atoms with van der Waals surface area (Å²) in [5, 5.41) is 0. The van der Waals surface area contributed by atoms with E-state index in [9.17, 15) is 0 Å². The predicted octanol–water partition coefficient (Wildman–Crippen LogP) is 0.0994. The SMILES string of the molecule is CN=C(N)N1CCC2CCC(C1)N2C. The van der Waals surface area contributed by atoms with E-state index in [-0.39, 0.29) is 0 Å². The molecule has 0 aliphatic carbocycles. The van der Waals surface area contributed by atoms with Crippen LogP contribution in [0, 0.1) is 0 Å². The number of hydrogen-bond acceptors (Lipinski definition) is 2. The summed E-state index contributed by atoms with van der Waals surface area (Å²) in [5.74, 6) is 0.700. The number of hydrogen-bond donors (Lipinski definition) is 1. The van der Waals surface area contributed by atoms with E-state index in [0.29, 0.717) is 12.0 Å². The zero-order chi connectivity index (χ0) is 10.1. The summed E-state index contributed by atoms with van der Waals surface area (Å²) in [6.07, 6.45) is 3.90. The first-order valence-electron chi connectivity index (χ1n) is 5.41. The second kappa shape index (κ2) is 3.77. The maximum atomic E-state index is 5.85. The summed E-state index contributed by atoms with van der Waals surface area (Å²) in [4.78, 5) is 8.80. The maximum Gasteiger partial charge on any atom is 0.191 e. The molecule has 0 aromatic rings. The number of likely N-dealkylation sites (tertiary alicyclic amines) is 1. The topological polar surface area (TPSA) is 44.9 Å². The minimum atomic E-state index is 0.683. The van der Waals surface area contributed by atoms with E-state index in [1.54, 1.807) is 7.05 Å². The molecule has 0 aromatic heterocycles. The van der Waals surface area contributed by atoms with Crippen molar-refractivity contribution < 1.29 is 0 Å². The summed E-state index contributed by atoms with van der Waals surface area (Å²) in [7, 11) is 4.01. The quantitative estimate of drug-likeness (QED) is 0.441. The monoisotopic (exact) mass is 196 g/mol. The van der Waals surface area contributed by atoms with Crippen LogP contribution in [-0.4, -0.2) is 55.0 Å². The Morgan fingerprint density at radius 3 is 2.71 bits per heavy atom. The standard InChI is InChI=1S/C10H20N4/c1-12-10(11)14-6-5-8-3-4-9(7-14)13(8)2/h8-9H,3-7H2,1-2H3,(H2,11,12). The smallest absolute Gasteiger partial charge is 0.191 e. The second-order valence-electron chi connectivity index (χ2n) is 4.37. The number of aliphatic imine (C=N–C) groups is 1. The van der Waals surface area contributed by atoms with E-state index in [1.165, 1.54) is 19.3 Å². The highest BCUT2D eigenvalue weighted by atomic mass is 15.3. The average Bonchev–Trinajstić information content (AvgIpc) is 2.40. The van der Waals surface area contributed by atoms with Gasteiger partial charge in [0.15, 0.2) is 5.96 Å². The van der Waals surface area contributed by atoms with Crippen LogP contribution in [0.5, 0.6) is 0 Å². The van der Waals surface area contributed by atoms with Gasteiger partial charge in [-0.25, -0.2) is 0 Å². The lowest BCUT2D eigenvalue weighted by atomic mass is 10.1. The molecule has 4 heteroatoms. The molecule has 14 heavy (non-hydrogen) atoms. The number of rotatable bonds is 0. The fraction of sp³-hybridized carbons (Fsp3) is 0.900. The van der Waals surface area contributed by atoms with Gasteiger partial charge in [-0.05, 0) is 26.3 Å². The van der Waals surface area contributed by atoms with Gasteiger partial charge in [0.25, 0.3) is 0 Å². The number of likely N-dealkylation sites (N-methyl/N-ethyl adjacent to an activating group) is 1. The molecular formula is C10H20N4. The van der Waals surface area contributed by atoms with Crippen LogP contribution in [-0.2, 0) is 0 Å². The van der Waals surface area contributed by atoms with Crippen molar-refractivity contribution in [2.24, 2.45) is 10.7 Å². The third kappa shape index (κ3) is 1.59. The summed E-state index contributed by atoms with van der Waals surface area (Å²) in [6.45, 7) is 2.12. The van der Waals surface area contributed by atoms with Crippen molar-refractivity contribution in [3.8, 4) is 0 Å². The van der Waals surface area contributed by atoms with Gasteiger partial charge in [0.1, 0.15) is 0 Å². The van der Waals surface area contributed by atoms with Gasteiger partial charge in [-0.15, -0.1) is 0 Å². The Morgan fingerprint density at radius 2 is 2.00 bits per heavy atom. The molecule has 2 atom stereocenters. The molecule has 2 fully saturated rings. The summed E-state index contributed by atoms with van der Waals surface area (Å²) in [5.41, 5.74) is 5.85. The van der Waals surface area contributed by atoms with Gasteiger partial charge < -0.3 is 10.6 Å². The van der Waals surface area contributed by atoms with Crippen LogP contribution in [0.4, 0.5) is 0 Å². The fourth-order valence-electron chi connectivity index (χ4n) is 2.66. The van der Waals surface area contributed by atoms with E-state index in [1.807, 2.05) is 0 Å². The number of nitrogens with zero attached hydrogens (tertiary/aromatic N) is 3. The lowest BCUT2D eigenvalue weighted by Crippen LogP contribution is -2.43. The van der Waals surface area contributed by atoms with Gasteiger partial charge in [-0.1, -0.05) is 0 Å². The molecule has 0 radical (unpaired) electrons. The van der Waals surface area contributed by atoms with Gasteiger partial charge in [0, 0.05) is 32.2 Å². The van der Waals surface area contributed by atoms with Crippen molar-refractivity contribution >= 4 is 5.96 Å². The fourth-order valence-corrected chi connectivity index (χ4v) is 2.66. The Kier molecular flexibility index (Phi) is 2.63. The zero-order valence-electron chi connectivity index (χ0n) is 9.11. The van der Waals surface area contributed by atoms with E-state index >= 15 is 0 Å². The molecule has 2 aliphatic heterocycles. The third-order valence-corrected chi connectivity index (χ3v) is 3.70. The number of nitrogens with two attached hydrogens (primary N) is 1. The highest BCUT2D eigenvalue weighted by Crippen LogP contribution is 2.28. The van der Waals surface area contributed by atoms with Crippen molar-refractivity contribution in [3.05, 3.63) is 0 Å². The number of fused-ring (bicyclic) bond motifs is 2. The van der Waals surface area contributed by atoms with E-state index in [0.717, 1.165) is 19.1 Å². The van der Waals surface area contributed by atoms with Gasteiger partial charge in [-0.2, -0.15) is 0 Å². The maximum absolute atomic E-state index is 5.85. The first-order valence-corrected chi connectivity index (χ1v) is 5.41. The summed E-state index contributed by atoms with van der Waals surface area (Å²) >= 11 is 0. The van der Waals surface area contributed by atoms with Gasteiger partial charge in [-0.3, -0.25) is 9.89 Å². The first kappa shape index (κ1) is 9.77. The molecule has 0 amide bonds. The van der Waals surface area contributed by atoms with Crippen molar-refractivity contribution in [1.29, 1.82) is 0 Å². The molecule has 2 aliphatic rings. The van der Waals surface area contributed by atoms with Crippen LogP contribution in [0.2, 0.25) is 0 Å². The predicted molar refractivity (Wildman–Crippen MR) is 58.3 cm³/mol. The first-order chi connectivity index (χ1) is 6.72. The summed E-state index contributed by atoms with van der Waals surface area (Å²) in [6, 6.07) is 1.46. The zero-order valence-corrected chi connectivity index (χ0v) is 9.11. The van der Waals surface area contributed by atoms with Crippen molar-refractivity contribution in [2.45, 2.75) is 31.3 Å². The van der Waals surface area contributed by atoms with Gasteiger partial charge in [0.2, 0.25) is 0 Å². The molecular weight excluding hydrogens is 176 g/mol. The van der Waals surface area contributed by atoms with Crippen molar-refractivity contribution in [2.75, 3.05) is 27.2 Å². The van der Waals surface area contributed by atoms with E-state index in [4.69, 9.17) is 5.73 Å². The molecule has 2 bridgehead atoms. The van der Waals surface area contributed by atoms with Crippen molar-refractivity contribution in [3.63, 3.8) is 0 Å². The van der Waals surface area contributed by atoms with E-state index in [2.05, 4.69) is 21.8 Å². The van der Waals surface area contributed by atoms with Crippen LogP contribution in [0.3, 0.4) is 0 Å². The molecule has 2 unspecified atom stereocenters. The minimum Gasteiger partial charge on any atom is -0.370 e. The van der Waals surface area contributed by atoms with Gasteiger partial charge >= 0.3 is 0 Å². The van der Waals surface area contributed by atoms with Crippen LogP contribution in [0.1, 0.15) is 19.3 Å². The second-order valence-corrected chi connectivity index (χ2v) is 4.37. The molecule has 80 valence electrons. The highest BCUT2D eigenvalue weighted by Gasteiger charge is 2.34. The molecule has 2 N–H and O–H groups in total. The molecule has 2 rings (SSSR count). The Morgan fingerprint density at radius 1 is 1.29 bits per heavy atom. The highest BCUT2D eigenvalue weighted by molar-refractivity contribution is 5.78. The lowest BCUT2D eigenvalue weighted by molar-refractivity contribution is 0.245. The van der Waals surface area contributed by atoms with Crippen LogP contribution in [0.25, 0.3) is 0 Å². The van der Waals surface area contributed by atoms with Crippen molar-refractivity contribution in [1.82, 2.24) is 9.80 Å². The van der Waals surface area contributed by atoms with Crippen LogP contribution >= 0.6 is 0 Å². The molecule has 2 saturated heterocycles. The van der Waals surface area contributed by atoms with Crippen LogP contribution < -0.4 is 5.73 Å². The average molecular weight is 196 g/mol. The number of guanidine groups is 1. The Hall–Kier alpha value is -0.770. The Labute approximate surface area is 85.8 Å². The molecule has 0 saturated carbocycles. The minimum absolute atomic E-state index is 0.683.